The van der Waals surface area contributed by atoms with E-state index in [1.807, 2.05) is 20.8 Å². The molecule has 0 saturated heterocycles. The second kappa shape index (κ2) is 2.37. The fourth-order valence-electron chi connectivity index (χ4n) is 0.591. The number of nitrogens with zero attached hydrogens (tertiary/aromatic N) is 4. The lowest BCUT2D eigenvalue weighted by Gasteiger charge is -2.20. The number of tetrazole rings is 1. The van der Waals surface area contributed by atoms with Crippen LogP contribution in [0.25, 0.3) is 0 Å². The standard InChI is InChI=1S/C5H12N6/c1-5(2,3)8-11-4(6)7-9-10-11/h8H,1-3H3,(H2,6,7,10). The van der Waals surface area contributed by atoms with Gasteiger partial charge in [-0.25, -0.2) is 0 Å². The molecule has 6 heteroatoms. The summed E-state index contributed by atoms with van der Waals surface area (Å²) in [6.07, 6.45) is 0. The van der Waals surface area contributed by atoms with Crippen LogP contribution in [0, 0.1) is 0 Å². The minimum Gasteiger partial charge on any atom is -0.365 e. The molecule has 62 valence electrons. The van der Waals surface area contributed by atoms with Gasteiger partial charge in [0.15, 0.2) is 0 Å². The summed E-state index contributed by atoms with van der Waals surface area (Å²) < 4.78 is 0. The van der Waals surface area contributed by atoms with E-state index in [9.17, 15) is 0 Å². The van der Waals surface area contributed by atoms with Gasteiger partial charge in [0.1, 0.15) is 0 Å². The van der Waals surface area contributed by atoms with Crippen LogP contribution in [0.3, 0.4) is 0 Å². The maximum Gasteiger partial charge on any atom is 0.260 e. The summed E-state index contributed by atoms with van der Waals surface area (Å²) in [5.41, 5.74) is 8.30. The van der Waals surface area contributed by atoms with Crippen LogP contribution >= 0.6 is 0 Å². The summed E-state index contributed by atoms with van der Waals surface area (Å²) in [5.74, 6) is 0.264. The lowest BCUT2D eigenvalue weighted by atomic mass is 10.1. The fourth-order valence-corrected chi connectivity index (χ4v) is 0.591. The molecule has 0 aliphatic rings. The quantitative estimate of drug-likeness (QED) is 0.578. The molecule has 0 amide bonds. The van der Waals surface area contributed by atoms with Crippen LogP contribution in [-0.2, 0) is 0 Å². The third kappa shape index (κ3) is 2.06. The summed E-state index contributed by atoms with van der Waals surface area (Å²) in [4.78, 5) is 1.35. The van der Waals surface area contributed by atoms with Gasteiger partial charge in [-0.1, -0.05) is 5.10 Å². The van der Waals surface area contributed by atoms with Gasteiger partial charge in [0.2, 0.25) is 0 Å². The van der Waals surface area contributed by atoms with Crippen molar-refractivity contribution >= 4 is 5.95 Å². The number of nitrogens with one attached hydrogen (secondary N) is 1. The van der Waals surface area contributed by atoms with Crippen LogP contribution in [0.15, 0.2) is 0 Å². The molecule has 0 spiro atoms. The maximum atomic E-state index is 5.41. The normalized spacial score (nSPS) is 11.5. The van der Waals surface area contributed by atoms with Crippen LogP contribution in [-0.4, -0.2) is 25.9 Å². The molecular formula is C5H12N6. The smallest absolute Gasteiger partial charge is 0.260 e. The minimum absolute atomic E-state index is 0.0938. The SMILES string of the molecule is CC(C)(C)Nn1nnnc1N. The van der Waals surface area contributed by atoms with Crippen molar-refractivity contribution in [3.8, 4) is 0 Å². The Bertz CT molecular complexity index is 233. The molecule has 0 unspecified atom stereocenters. The average Bonchev–Trinajstić information content (AvgIpc) is 2.12. The van der Waals surface area contributed by atoms with Gasteiger partial charge in [0, 0.05) is 5.54 Å². The van der Waals surface area contributed by atoms with E-state index < -0.39 is 0 Å². The minimum atomic E-state index is -0.0938. The molecule has 6 nitrogen and oxygen atoms in total. The predicted molar refractivity (Wildman–Crippen MR) is 41.3 cm³/mol. The van der Waals surface area contributed by atoms with Crippen LogP contribution in [0.4, 0.5) is 5.95 Å². The summed E-state index contributed by atoms with van der Waals surface area (Å²) >= 11 is 0. The van der Waals surface area contributed by atoms with Crippen molar-refractivity contribution in [2.75, 3.05) is 11.2 Å². The number of nitrogens with two attached hydrogens (primary N) is 1. The summed E-state index contributed by atoms with van der Waals surface area (Å²) in [6.45, 7) is 5.98. The number of aromatic nitrogens is 4. The Labute approximate surface area is 64.7 Å². The van der Waals surface area contributed by atoms with Crippen molar-refractivity contribution < 1.29 is 0 Å². The van der Waals surface area contributed by atoms with Crippen molar-refractivity contribution in [2.45, 2.75) is 26.3 Å². The molecule has 1 rings (SSSR count). The third-order valence-corrected chi connectivity index (χ3v) is 0.935. The third-order valence-electron chi connectivity index (χ3n) is 0.935. The van der Waals surface area contributed by atoms with E-state index >= 15 is 0 Å². The zero-order valence-corrected chi connectivity index (χ0v) is 6.87. The van der Waals surface area contributed by atoms with E-state index in [4.69, 9.17) is 5.73 Å². The highest BCUT2D eigenvalue weighted by Gasteiger charge is 2.11. The molecule has 1 aromatic heterocycles. The van der Waals surface area contributed by atoms with Crippen molar-refractivity contribution in [2.24, 2.45) is 0 Å². The van der Waals surface area contributed by atoms with E-state index in [0.29, 0.717) is 0 Å². The van der Waals surface area contributed by atoms with Gasteiger partial charge in [0.05, 0.1) is 0 Å². The summed E-state index contributed by atoms with van der Waals surface area (Å²) in [7, 11) is 0. The Balaban J connectivity index is 2.72. The lowest BCUT2D eigenvalue weighted by molar-refractivity contribution is 0.520. The zero-order chi connectivity index (χ0) is 8.48. The predicted octanol–water partition coefficient (Wildman–Crippen LogP) is -0.403. The molecular weight excluding hydrogens is 144 g/mol. The maximum absolute atomic E-state index is 5.41. The molecule has 0 radical (unpaired) electrons. The van der Waals surface area contributed by atoms with Gasteiger partial charge >= 0.3 is 0 Å². The van der Waals surface area contributed by atoms with Crippen molar-refractivity contribution in [3.63, 3.8) is 0 Å². The zero-order valence-electron chi connectivity index (χ0n) is 6.87. The highest BCUT2D eigenvalue weighted by atomic mass is 15.7. The fraction of sp³-hybridized carbons (Fsp3) is 0.800. The van der Waals surface area contributed by atoms with Crippen LogP contribution in [0.5, 0.6) is 0 Å². The second-order valence-corrected chi connectivity index (χ2v) is 3.31. The molecule has 0 aromatic carbocycles. The lowest BCUT2D eigenvalue weighted by Crippen LogP contribution is -2.35. The first-order chi connectivity index (χ1) is 4.99. The molecule has 1 heterocycles. The van der Waals surface area contributed by atoms with Gasteiger partial charge < -0.3 is 5.73 Å². The van der Waals surface area contributed by atoms with Gasteiger partial charge in [-0.15, -0.1) is 4.79 Å². The molecule has 0 fully saturated rings. The summed E-state index contributed by atoms with van der Waals surface area (Å²) in [5, 5.41) is 10.5. The Morgan fingerprint density at radius 1 is 1.45 bits per heavy atom. The number of hydrogen-bond donors (Lipinski definition) is 2. The molecule has 11 heavy (non-hydrogen) atoms. The van der Waals surface area contributed by atoms with E-state index in [1.165, 1.54) is 4.79 Å². The molecule has 0 saturated carbocycles. The van der Waals surface area contributed by atoms with E-state index in [-0.39, 0.29) is 11.5 Å². The molecule has 0 atom stereocenters. The number of nitrogen functional groups attached to an aromatic ring is 1. The largest absolute Gasteiger partial charge is 0.365 e. The monoisotopic (exact) mass is 156 g/mol. The number of hydrogen-bond acceptors (Lipinski definition) is 5. The summed E-state index contributed by atoms with van der Waals surface area (Å²) in [6, 6.07) is 0. The number of rotatable bonds is 1. The highest BCUT2D eigenvalue weighted by molar-refractivity contribution is 5.12. The molecule has 1 aromatic rings. The highest BCUT2D eigenvalue weighted by Crippen LogP contribution is 2.01. The molecule has 0 aliphatic heterocycles. The average molecular weight is 156 g/mol. The van der Waals surface area contributed by atoms with E-state index in [0.717, 1.165) is 0 Å². The molecule has 0 aliphatic carbocycles. The van der Waals surface area contributed by atoms with Gasteiger partial charge in [-0.3, -0.25) is 5.43 Å². The van der Waals surface area contributed by atoms with Gasteiger partial charge in [0.25, 0.3) is 5.95 Å². The Kier molecular flexibility index (Phi) is 1.67. The van der Waals surface area contributed by atoms with E-state index in [1.54, 1.807) is 0 Å². The topological polar surface area (TPSA) is 81.7 Å². The van der Waals surface area contributed by atoms with Crippen molar-refractivity contribution in [1.29, 1.82) is 0 Å². The van der Waals surface area contributed by atoms with Gasteiger partial charge in [-0.05, 0) is 31.2 Å². The van der Waals surface area contributed by atoms with Crippen molar-refractivity contribution in [1.82, 2.24) is 20.3 Å². The Hall–Kier alpha value is -1.33. The molecule has 0 bridgehead atoms. The van der Waals surface area contributed by atoms with Crippen LogP contribution < -0.4 is 11.2 Å². The molecule has 3 N–H and O–H groups in total. The van der Waals surface area contributed by atoms with Gasteiger partial charge in [-0.2, -0.15) is 0 Å². The second-order valence-electron chi connectivity index (χ2n) is 3.31. The first-order valence-electron chi connectivity index (χ1n) is 3.31. The van der Waals surface area contributed by atoms with Crippen LogP contribution in [0.2, 0.25) is 0 Å². The van der Waals surface area contributed by atoms with Crippen LogP contribution in [0.1, 0.15) is 20.8 Å². The first-order valence-corrected chi connectivity index (χ1v) is 3.31. The Morgan fingerprint density at radius 2 is 2.09 bits per heavy atom. The number of anilines is 1. The first kappa shape index (κ1) is 7.77. The van der Waals surface area contributed by atoms with Crippen molar-refractivity contribution in [3.05, 3.63) is 0 Å². The van der Waals surface area contributed by atoms with E-state index in [2.05, 4.69) is 21.0 Å². The Morgan fingerprint density at radius 3 is 2.45 bits per heavy atom.